The summed E-state index contributed by atoms with van der Waals surface area (Å²) in [5, 5.41) is 10.4. The molecule has 0 aliphatic rings. The number of thiazole rings is 1. The molecule has 16 heavy (non-hydrogen) atoms. The highest BCUT2D eigenvalue weighted by Gasteiger charge is 2.08. The first kappa shape index (κ1) is 11.3. The molecule has 1 unspecified atom stereocenters. The summed E-state index contributed by atoms with van der Waals surface area (Å²) in [6.45, 7) is 0. The maximum Gasteiger partial charge on any atom is 0.304 e. The Labute approximate surface area is 98.2 Å². The van der Waals surface area contributed by atoms with Crippen molar-refractivity contribution in [2.24, 2.45) is 0 Å². The molecule has 0 spiro atoms. The van der Waals surface area contributed by atoms with Crippen LogP contribution in [0.25, 0.3) is 4.96 Å². The number of hydrogen-bond acceptors (Lipinski definition) is 4. The zero-order chi connectivity index (χ0) is 11.5. The summed E-state index contributed by atoms with van der Waals surface area (Å²) in [4.78, 5) is 15.4. The van der Waals surface area contributed by atoms with Gasteiger partial charge in [-0.1, -0.05) is 0 Å². The predicted octanol–water partition coefficient (Wildman–Crippen LogP) is 1.12. The van der Waals surface area contributed by atoms with E-state index in [4.69, 9.17) is 5.11 Å². The van der Waals surface area contributed by atoms with E-state index >= 15 is 0 Å². The molecule has 7 heteroatoms. The Kier molecular flexibility index (Phi) is 3.35. The maximum atomic E-state index is 11.5. The first-order valence-corrected chi connectivity index (χ1v) is 7.00. The van der Waals surface area contributed by atoms with Crippen molar-refractivity contribution in [2.75, 3.05) is 5.75 Å². The molecule has 0 aliphatic carbocycles. The van der Waals surface area contributed by atoms with Crippen LogP contribution in [0.2, 0.25) is 0 Å². The van der Waals surface area contributed by atoms with Crippen molar-refractivity contribution >= 4 is 33.1 Å². The third kappa shape index (κ3) is 2.67. The monoisotopic (exact) mass is 258 g/mol. The average Bonchev–Trinajstić information content (AvgIpc) is 2.74. The van der Waals surface area contributed by atoms with E-state index in [9.17, 15) is 9.00 Å². The molecule has 0 aromatic carbocycles. The highest BCUT2D eigenvalue weighted by molar-refractivity contribution is 7.84. The predicted molar refractivity (Wildman–Crippen MR) is 62.0 cm³/mol. The molecular formula is C9H10N2O3S2. The molecule has 0 bridgehead atoms. The van der Waals surface area contributed by atoms with Crippen molar-refractivity contribution in [3.8, 4) is 0 Å². The molecule has 0 radical (unpaired) electrons. The van der Waals surface area contributed by atoms with Crippen LogP contribution in [0, 0.1) is 0 Å². The number of aromatic nitrogens is 2. The number of fused-ring (bicyclic) bond motifs is 1. The van der Waals surface area contributed by atoms with E-state index in [2.05, 4.69) is 4.98 Å². The molecule has 1 N–H and O–H groups in total. The number of carboxylic acids is 1. The van der Waals surface area contributed by atoms with Gasteiger partial charge >= 0.3 is 5.97 Å². The van der Waals surface area contributed by atoms with E-state index in [1.54, 1.807) is 0 Å². The Morgan fingerprint density at radius 1 is 1.62 bits per heavy atom. The van der Waals surface area contributed by atoms with E-state index in [0.29, 0.717) is 5.75 Å². The van der Waals surface area contributed by atoms with Gasteiger partial charge in [0.05, 0.1) is 17.9 Å². The minimum atomic E-state index is -1.15. The lowest BCUT2D eigenvalue weighted by molar-refractivity contribution is -0.136. The fraction of sp³-hybridized carbons (Fsp3) is 0.333. The minimum Gasteiger partial charge on any atom is -0.481 e. The molecule has 0 fully saturated rings. The number of carboxylic acid groups (broad SMARTS) is 1. The first-order valence-electron chi connectivity index (χ1n) is 4.63. The van der Waals surface area contributed by atoms with Gasteiger partial charge in [-0.05, 0) is 0 Å². The minimum absolute atomic E-state index is 0.0607. The highest BCUT2D eigenvalue weighted by Crippen LogP contribution is 2.12. The standard InChI is InChI=1S/C9H10N2O3S2/c12-8(13)1-4-16(14)6-7-5-11-2-3-15-9(11)10-7/h2-3,5H,1,4,6H2,(H,12,13). The van der Waals surface area contributed by atoms with Gasteiger partial charge in [-0.3, -0.25) is 13.4 Å². The summed E-state index contributed by atoms with van der Waals surface area (Å²) >= 11 is 1.51. The second kappa shape index (κ2) is 4.75. The lowest BCUT2D eigenvalue weighted by atomic mass is 10.5. The van der Waals surface area contributed by atoms with Crippen molar-refractivity contribution in [1.29, 1.82) is 0 Å². The zero-order valence-corrected chi connectivity index (χ0v) is 9.96. The van der Waals surface area contributed by atoms with Crippen molar-refractivity contribution in [3.05, 3.63) is 23.5 Å². The fourth-order valence-electron chi connectivity index (χ4n) is 1.28. The van der Waals surface area contributed by atoms with Gasteiger partial charge in [0.25, 0.3) is 0 Å². The van der Waals surface area contributed by atoms with E-state index in [1.807, 2.05) is 22.2 Å². The van der Waals surface area contributed by atoms with Crippen molar-refractivity contribution in [2.45, 2.75) is 12.2 Å². The van der Waals surface area contributed by atoms with Gasteiger partial charge in [0.2, 0.25) is 0 Å². The van der Waals surface area contributed by atoms with Crippen LogP contribution in [-0.2, 0) is 21.3 Å². The molecule has 2 aromatic rings. The Morgan fingerprint density at radius 2 is 2.44 bits per heavy atom. The van der Waals surface area contributed by atoms with Crippen molar-refractivity contribution < 1.29 is 14.1 Å². The summed E-state index contributed by atoms with van der Waals surface area (Å²) < 4.78 is 13.4. The Morgan fingerprint density at radius 3 is 3.12 bits per heavy atom. The smallest absolute Gasteiger partial charge is 0.304 e. The Hall–Kier alpha value is -1.21. The number of nitrogens with zero attached hydrogens (tertiary/aromatic N) is 2. The van der Waals surface area contributed by atoms with Gasteiger partial charge in [-0.15, -0.1) is 11.3 Å². The normalized spacial score (nSPS) is 13.0. The molecular weight excluding hydrogens is 248 g/mol. The van der Waals surface area contributed by atoms with Crippen LogP contribution in [0.1, 0.15) is 12.1 Å². The number of aliphatic carboxylic acids is 1. The third-order valence-corrected chi connectivity index (χ3v) is 4.04. The molecule has 0 saturated heterocycles. The van der Waals surface area contributed by atoms with Gasteiger partial charge in [0.1, 0.15) is 0 Å². The van der Waals surface area contributed by atoms with Gasteiger partial charge in [0.15, 0.2) is 4.96 Å². The number of rotatable bonds is 5. The molecule has 86 valence electrons. The first-order chi connectivity index (χ1) is 7.65. The summed E-state index contributed by atoms with van der Waals surface area (Å²) in [6, 6.07) is 0. The number of carbonyl (C=O) groups is 1. The van der Waals surface area contributed by atoms with Crippen LogP contribution < -0.4 is 0 Å². The lowest BCUT2D eigenvalue weighted by Gasteiger charge is -1.96. The number of hydrogen-bond donors (Lipinski definition) is 1. The van der Waals surface area contributed by atoms with Crippen molar-refractivity contribution in [1.82, 2.24) is 9.38 Å². The summed E-state index contributed by atoms with van der Waals surface area (Å²) in [6.07, 6.45) is 3.65. The number of imidazole rings is 1. The highest BCUT2D eigenvalue weighted by atomic mass is 32.2. The van der Waals surface area contributed by atoms with Crippen LogP contribution in [0.3, 0.4) is 0 Å². The second-order valence-electron chi connectivity index (χ2n) is 3.26. The maximum absolute atomic E-state index is 11.5. The molecule has 5 nitrogen and oxygen atoms in total. The van der Waals surface area contributed by atoms with Crippen LogP contribution in [0.4, 0.5) is 0 Å². The van der Waals surface area contributed by atoms with Crippen LogP contribution in [0.15, 0.2) is 17.8 Å². The SMILES string of the molecule is O=C(O)CCS(=O)Cc1cn2ccsc2n1. The fourth-order valence-corrected chi connectivity index (χ4v) is 3.02. The van der Waals surface area contributed by atoms with E-state index in [-0.39, 0.29) is 12.2 Å². The van der Waals surface area contributed by atoms with Crippen molar-refractivity contribution in [3.63, 3.8) is 0 Å². The summed E-state index contributed by atoms with van der Waals surface area (Å²) in [7, 11) is -1.15. The molecule has 0 aliphatic heterocycles. The molecule has 2 heterocycles. The van der Waals surface area contributed by atoms with Gasteiger partial charge in [0, 0.05) is 34.3 Å². The topological polar surface area (TPSA) is 71.7 Å². The average molecular weight is 258 g/mol. The molecule has 0 amide bonds. The van der Waals surface area contributed by atoms with Crippen LogP contribution in [0.5, 0.6) is 0 Å². The quantitative estimate of drug-likeness (QED) is 0.872. The van der Waals surface area contributed by atoms with Crippen LogP contribution in [-0.4, -0.2) is 30.4 Å². The Balaban J connectivity index is 1.96. The summed E-state index contributed by atoms with van der Waals surface area (Å²) in [5.41, 5.74) is 0.746. The Bertz CT molecular complexity index is 503. The van der Waals surface area contributed by atoms with E-state index in [1.165, 1.54) is 11.3 Å². The molecule has 1 atom stereocenters. The van der Waals surface area contributed by atoms with Gasteiger partial charge in [-0.25, -0.2) is 4.98 Å². The molecule has 2 aromatic heterocycles. The van der Waals surface area contributed by atoms with Crippen LogP contribution >= 0.6 is 11.3 Å². The summed E-state index contributed by atoms with van der Waals surface area (Å²) in [5.74, 6) is -0.415. The van der Waals surface area contributed by atoms with E-state index < -0.39 is 16.8 Å². The van der Waals surface area contributed by atoms with E-state index in [0.717, 1.165) is 10.7 Å². The zero-order valence-electron chi connectivity index (χ0n) is 8.33. The lowest BCUT2D eigenvalue weighted by Crippen LogP contribution is -2.06. The molecule has 2 rings (SSSR count). The second-order valence-corrected chi connectivity index (χ2v) is 5.71. The molecule has 0 saturated carbocycles. The third-order valence-electron chi connectivity index (χ3n) is 2.00. The van der Waals surface area contributed by atoms with Gasteiger partial charge in [-0.2, -0.15) is 0 Å². The largest absolute Gasteiger partial charge is 0.481 e. The van der Waals surface area contributed by atoms with Gasteiger partial charge < -0.3 is 5.11 Å².